The zero-order valence-corrected chi connectivity index (χ0v) is 14.7. The summed E-state index contributed by atoms with van der Waals surface area (Å²) in [6.07, 6.45) is 1.09. The molecule has 2 aliphatic rings. The van der Waals surface area contributed by atoms with Crippen molar-refractivity contribution in [3.8, 4) is 11.1 Å². The summed E-state index contributed by atoms with van der Waals surface area (Å²) in [7, 11) is 0. The maximum Gasteiger partial charge on any atom is 0.254 e. The van der Waals surface area contributed by atoms with E-state index < -0.39 is 18.1 Å². The van der Waals surface area contributed by atoms with Gasteiger partial charge in [0.2, 0.25) is 5.91 Å². The van der Waals surface area contributed by atoms with E-state index in [4.69, 9.17) is 0 Å². The topological polar surface area (TPSA) is 69.6 Å². The number of aliphatic hydroxyl groups excluding tert-OH is 1. The van der Waals surface area contributed by atoms with Crippen molar-refractivity contribution in [2.45, 2.75) is 31.9 Å². The second-order valence-electron chi connectivity index (χ2n) is 7.11. The van der Waals surface area contributed by atoms with E-state index in [9.17, 15) is 14.7 Å². The summed E-state index contributed by atoms with van der Waals surface area (Å²) in [5, 5.41) is 12.4. The van der Waals surface area contributed by atoms with Gasteiger partial charge in [-0.05, 0) is 42.9 Å². The zero-order chi connectivity index (χ0) is 18.3. The lowest BCUT2D eigenvalue weighted by Crippen LogP contribution is -2.45. The average molecular weight is 350 g/mol. The van der Waals surface area contributed by atoms with E-state index in [1.807, 2.05) is 48.5 Å². The molecule has 1 aliphatic carbocycles. The Kier molecular flexibility index (Phi) is 4.24. The van der Waals surface area contributed by atoms with E-state index in [-0.39, 0.29) is 5.91 Å². The molecule has 0 spiro atoms. The van der Waals surface area contributed by atoms with Crippen LogP contribution in [0.25, 0.3) is 11.1 Å². The molecule has 0 aromatic heterocycles. The predicted octanol–water partition coefficient (Wildman–Crippen LogP) is 2.65. The summed E-state index contributed by atoms with van der Waals surface area (Å²) in [6.45, 7) is 2.06. The van der Waals surface area contributed by atoms with E-state index in [1.165, 1.54) is 6.92 Å². The number of para-hydroxylation sites is 1. The van der Waals surface area contributed by atoms with Gasteiger partial charge in [-0.2, -0.15) is 0 Å². The largest absolute Gasteiger partial charge is 0.384 e. The maximum absolute atomic E-state index is 13.4. The molecule has 0 bridgehead atoms. The molecule has 5 heteroatoms. The molecule has 2 aromatic carbocycles. The van der Waals surface area contributed by atoms with Crippen LogP contribution in [0.3, 0.4) is 0 Å². The predicted molar refractivity (Wildman–Crippen MR) is 99.5 cm³/mol. The van der Waals surface area contributed by atoms with Crippen molar-refractivity contribution in [1.29, 1.82) is 0 Å². The maximum atomic E-state index is 13.4. The van der Waals surface area contributed by atoms with Gasteiger partial charge >= 0.3 is 0 Å². The van der Waals surface area contributed by atoms with Crippen molar-refractivity contribution in [2.24, 2.45) is 5.92 Å². The van der Waals surface area contributed by atoms with Gasteiger partial charge in [0.15, 0.2) is 0 Å². The lowest BCUT2D eigenvalue weighted by molar-refractivity contribution is -0.132. The minimum atomic E-state index is -1.17. The van der Waals surface area contributed by atoms with Crippen LogP contribution < -0.4 is 10.2 Å². The highest BCUT2D eigenvalue weighted by molar-refractivity contribution is 6.06. The van der Waals surface area contributed by atoms with Crippen LogP contribution in [0.15, 0.2) is 48.5 Å². The van der Waals surface area contributed by atoms with Gasteiger partial charge in [0, 0.05) is 12.1 Å². The Bertz CT molecular complexity index is 858. The van der Waals surface area contributed by atoms with E-state index >= 15 is 0 Å². The molecule has 1 aliphatic heterocycles. The van der Waals surface area contributed by atoms with Gasteiger partial charge in [-0.3, -0.25) is 9.59 Å². The fraction of sp³-hybridized carbons (Fsp3) is 0.333. The van der Waals surface area contributed by atoms with Gasteiger partial charge < -0.3 is 15.3 Å². The van der Waals surface area contributed by atoms with Crippen LogP contribution in [-0.4, -0.2) is 29.6 Å². The molecule has 0 unspecified atom stereocenters. The van der Waals surface area contributed by atoms with E-state index in [1.54, 1.807) is 4.90 Å². The Morgan fingerprint density at radius 1 is 1.15 bits per heavy atom. The van der Waals surface area contributed by atoms with Crippen molar-refractivity contribution in [3.63, 3.8) is 0 Å². The molecule has 2 atom stereocenters. The Labute approximate surface area is 152 Å². The van der Waals surface area contributed by atoms with E-state index in [0.717, 1.165) is 35.2 Å². The zero-order valence-electron chi connectivity index (χ0n) is 14.7. The second kappa shape index (κ2) is 6.57. The SMILES string of the molecule is C[C@H](O)C(=O)N[C@@H]1C(=O)N(CC2CC2)c2ccccc2-c2ccccc21. The molecule has 5 nitrogen and oxygen atoms in total. The highest BCUT2D eigenvalue weighted by atomic mass is 16.3. The van der Waals surface area contributed by atoms with Crippen LogP contribution in [-0.2, 0) is 9.59 Å². The molecule has 1 fully saturated rings. The Morgan fingerprint density at radius 2 is 1.81 bits per heavy atom. The smallest absolute Gasteiger partial charge is 0.254 e. The highest BCUT2D eigenvalue weighted by Crippen LogP contribution is 2.42. The van der Waals surface area contributed by atoms with Crippen molar-refractivity contribution in [3.05, 3.63) is 54.1 Å². The number of amides is 2. The number of hydrogen-bond acceptors (Lipinski definition) is 3. The standard InChI is InChI=1S/C21H22N2O3/c1-13(24)20(25)22-19-17-8-3-2-6-15(17)16-7-4-5-9-18(16)23(21(19)26)12-14-10-11-14/h2-9,13-14,19,24H,10-12H2,1H3,(H,22,25)/t13-,19-/m0/s1. The molecule has 2 amide bonds. The fourth-order valence-corrected chi connectivity index (χ4v) is 3.49. The molecule has 0 radical (unpaired) electrons. The van der Waals surface area contributed by atoms with Crippen molar-refractivity contribution in [2.75, 3.05) is 11.4 Å². The lowest BCUT2D eigenvalue weighted by Gasteiger charge is -2.27. The summed E-state index contributed by atoms with van der Waals surface area (Å²) in [6, 6.07) is 14.7. The Hall–Kier alpha value is -2.66. The number of rotatable bonds is 4. The summed E-state index contributed by atoms with van der Waals surface area (Å²) in [4.78, 5) is 27.4. The molecule has 1 heterocycles. The van der Waals surface area contributed by atoms with Crippen molar-refractivity contribution in [1.82, 2.24) is 5.32 Å². The molecule has 2 N–H and O–H groups in total. The van der Waals surface area contributed by atoms with Gasteiger partial charge in [-0.15, -0.1) is 0 Å². The quantitative estimate of drug-likeness (QED) is 0.891. The first-order chi connectivity index (χ1) is 12.6. The third-order valence-electron chi connectivity index (χ3n) is 5.07. The summed E-state index contributed by atoms with van der Waals surface area (Å²) >= 11 is 0. The second-order valence-corrected chi connectivity index (χ2v) is 7.11. The van der Waals surface area contributed by atoms with Gasteiger partial charge in [0.25, 0.3) is 5.91 Å². The van der Waals surface area contributed by atoms with Crippen LogP contribution in [0.4, 0.5) is 5.69 Å². The minimum absolute atomic E-state index is 0.150. The van der Waals surface area contributed by atoms with Gasteiger partial charge in [-0.25, -0.2) is 0 Å². The van der Waals surface area contributed by atoms with Crippen molar-refractivity contribution >= 4 is 17.5 Å². The Balaban J connectivity index is 1.85. The molecular formula is C21H22N2O3. The van der Waals surface area contributed by atoms with Crippen LogP contribution in [0.1, 0.15) is 31.4 Å². The van der Waals surface area contributed by atoms with E-state index in [2.05, 4.69) is 5.32 Å². The third kappa shape index (κ3) is 2.99. The lowest BCUT2D eigenvalue weighted by atomic mass is 9.95. The molecule has 1 saturated carbocycles. The van der Waals surface area contributed by atoms with Crippen LogP contribution in [0, 0.1) is 5.92 Å². The number of carbonyl (C=O) groups is 2. The minimum Gasteiger partial charge on any atom is -0.384 e. The fourth-order valence-electron chi connectivity index (χ4n) is 3.49. The number of hydrogen-bond donors (Lipinski definition) is 2. The number of nitrogens with one attached hydrogen (secondary N) is 1. The van der Waals surface area contributed by atoms with E-state index in [0.29, 0.717) is 12.5 Å². The molecule has 134 valence electrons. The number of benzene rings is 2. The van der Waals surface area contributed by atoms with Crippen molar-refractivity contribution < 1.29 is 14.7 Å². The molecule has 0 saturated heterocycles. The first-order valence-electron chi connectivity index (χ1n) is 9.04. The van der Waals surface area contributed by atoms with Crippen LogP contribution >= 0.6 is 0 Å². The number of fused-ring (bicyclic) bond motifs is 3. The number of carbonyl (C=O) groups excluding carboxylic acids is 2. The Morgan fingerprint density at radius 3 is 2.50 bits per heavy atom. The number of aliphatic hydroxyl groups is 1. The summed E-state index contributed by atoms with van der Waals surface area (Å²) < 4.78 is 0. The molecular weight excluding hydrogens is 328 g/mol. The average Bonchev–Trinajstić information content (AvgIpc) is 3.48. The van der Waals surface area contributed by atoms with Crippen LogP contribution in [0.5, 0.6) is 0 Å². The number of nitrogens with zero attached hydrogens (tertiary/aromatic N) is 1. The van der Waals surface area contributed by atoms with Gasteiger partial charge in [0.05, 0.1) is 5.69 Å². The first kappa shape index (κ1) is 16.8. The van der Waals surface area contributed by atoms with Gasteiger partial charge in [0.1, 0.15) is 12.1 Å². The summed E-state index contributed by atoms with van der Waals surface area (Å²) in [5.41, 5.74) is 3.57. The number of anilines is 1. The summed E-state index contributed by atoms with van der Waals surface area (Å²) in [5.74, 6) is -0.180. The first-order valence-corrected chi connectivity index (χ1v) is 9.04. The molecule has 26 heavy (non-hydrogen) atoms. The normalized spacial score (nSPS) is 20.0. The third-order valence-corrected chi connectivity index (χ3v) is 5.07. The van der Waals surface area contributed by atoms with Gasteiger partial charge in [-0.1, -0.05) is 42.5 Å². The monoisotopic (exact) mass is 350 g/mol. The van der Waals surface area contributed by atoms with Crippen LogP contribution in [0.2, 0.25) is 0 Å². The molecule has 4 rings (SSSR count). The molecule has 2 aromatic rings. The highest BCUT2D eigenvalue weighted by Gasteiger charge is 2.37.